The lowest BCUT2D eigenvalue weighted by Gasteiger charge is -2.46. The highest BCUT2D eigenvalue weighted by Gasteiger charge is 2.52. The molecule has 1 amide bonds. The van der Waals surface area contributed by atoms with Crippen LogP contribution in [0.25, 0.3) is 0 Å². The van der Waals surface area contributed by atoms with Gasteiger partial charge in [0.05, 0.1) is 0 Å². The number of alkyl carbamates (subject to hydrolysis) is 1. The normalized spacial score (nSPS) is 26.6. The monoisotopic (exact) mass is 285 g/mol. The highest BCUT2D eigenvalue weighted by molar-refractivity contribution is 5.85. The Morgan fingerprint density at radius 2 is 1.70 bits per heavy atom. The zero-order valence-corrected chi connectivity index (χ0v) is 13.4. The van der Waals surface area contributed by atoms with Crippen LogP contribution >= 0.6 is 0 Å². The first-order valence-corrected chi connectivity index (χ1v) is 7.08. The van der Waals surface area contributed by atoms with Crippen LogP contribution in [-0.4, -0.2) is 28.3 Å². The van der Waals surface area contributed by atoms with E-state index in [1.54, 1.807) is 20.8 Å². The molecule has 0 atom stereocenters. The maximum absolute atomic E-state index is 11.8. The third-order valence-electron chi connectivity index (χ3n) is 3.32. The van der Waals surface area contributed by atoms with E-state index in [1.807, 2.05) is 0 Å². The number of ether oxygens (including phenoxy) is 1. The van der Waals surface area contributed by atoms with Crippen molar-refractivity contribution in [1.29, 1.82) is 0 Å². The van der Waals surface area contributed by atoms with E-state index >= 15 is 0 Å². The van der Waals surface area contributed by atoms with E-state index < -0.39 is 23.2 Å². The van der Waals surface area contributed by atoms with Crippen LogP contribution in [0, 0.1) is 11.3 Å². The Labute approximate surface area is 121 Å². The van der Waals surface area contributed by atoms with E-state index in [9.17, 15) is 14.7 Å². The van der Waals surface area contributed by atoms with Crippen LogP contribution in [0.2, 0.25) is 0 Å². The van der Waals surface area contributed by atoms with Crippen LogP contribution in [0.15, 0.2) is 0 Å². The number of carboxylic acid groups (broad SMARTS) is 1. The van der Waals surface area contributed by atoms with Gasteiger partial charge in [-0.3, -0.25) is 0 Å². The number of aliphatic carboxylic acids is 1. The second kappa shape index (κ2) is 5.26. The van der Waals surface area contributed by atoms with Crippen molar-refractivity contribution in [2.45, 2.75) is 71.9 Å². The number of nitrogens with one attached hydrogen (secondary N) is 1. The van der Waals surface area contributed by atoms with Crippen LogP contribution in [0.4, 0.5) is 4.79 Å². The summed E-state index contributed by atoms with van der Waals surface area (Å²) in [5.74, 6) is -0.644. The molecule has 0 aromatic rings. The van der Waals surface area contributed by atoms with Crippen LogP contribution in [0.3, 0.4) is 0 Å². The summed E-state index contributed by atoms with van der Waals surface area (Å²) in [5, 5.41) is 11.9. The van der Waals surface area contributed by atoms with Crippen molar-refractivity contribution in [2.24, 2.45) is 11.3 Å². The molecule has 20 heavy (non-hydrogen) atoms. The number of hydrogen-bond acceptors (Lipinski definition) is 3. The summed E-state index contributed by atoms with van der Waals surface area (Å²) in [6, 6.07) is 0. The van der Waals surface area contributed by atoms with E-state index in [0.29, 0.717) is 18.8 Å². The number of rotatable bonds is 3. The largest absolute Gasteiger partial charge is 0.480 e. The Hall–Kier alpha value is -1.26. The molecule has 0 saturated heterocycles. The predicted octanol–water partition coefficient (Wildman–Crippen LogP) is 3.18. The molecule has 2 N–H and O–H groups in total. The first-order valence-electron chi connectivity index (χ1n) is 7.08. The van der Waals surface area contributed by atoms with E-state index in [1.165, 1.54) is 0 Å². The fraction of sp³-hybridized carbons (Fsp3) is 0.867. The van der Waals surface area contributed by atoms with Crippen molar-refractivity contribution in [2.75, 3.05) is 0 Å². The molecule has 0 radical (unpaired) electrons. The number of amides is 1. The van der Waals surface area contributed by atoms with Gasteiger partial charge < -0.3 is 15.2 Å². The number of carbonyl (C=O) groups is 2. The summed E-state index contributed by atoms with van der Waals surface area (Å²) < 4.78 is 5.14. The third-order valence-corrected chi connectivity index (χ3v) is 3.32. The lowest BCUT2D eigenvalue weighted by atomic mass is 9.63. The summed E-state index contributed by atoms with van der Waals surface area (Å²) in [7, 11) is 0. The van der Waals surface area contributed by atoms with Crippen LogP contribution in [0.5, 0.6) is 0 Å². The molecule has 0 aliphatic heterocycles. The minimum Gasteiger partial charge on any atom is -0.480 e. The van der Waals surface area contributed by atoms with E-state index in [4.69, 9.17) is 4.74 Å². The van der Waals surface area contributed by atoms with Gasteiger partial charge in [0.1, 0.15) is 11.1 Å². The average molecular weight is 285 g/mol. The Bertz CT molecular complexity index is 384. The Kier molecular flexibility index (Phi) is 4.42. The minimum absolute atomic E-state index is 0.168. The molecule has 5 heteroatoms. The first-order chi connectivity index (χ1) is 8.83. The fourth-order valence-electron chi connectivity index (χ4n) is 2.77. The molecule has 0 aromatic carbocycles. The van der Waals surface area contributed by atoms with Crippen molar-refractivity contribution in [1.82, 2.24) is 5.32 Å². The summed E-state index contributed by atoms with van der Waals surface area (Å²) in [4.78, 5) is 23.2. The number of carbonyl (C=O) groups excluding carboxylic acids is 1. The van der Waals surface area contributed by atoms with Crippen molar-refractivity contribution in [3.63, 3.8) is 0 Å². The SMILES string of the molecule is CC(C)(C)CC1CC(NC(=O)OC(C)(C)C)(C(=O)O)C1. The molecule has 0 unspecified atom stereocenters. The van der Waals surface area contributed by atoms with Crippen molar-refractivity contribution < 1.29 is 19.4 Å². The quantitative estimate of drug-likeness (QED) is 0.835. The van der Waals surface area contributed by atoms with Crippen molar-refractivity contribution in [3.8, 4) is 0 Å². The molecule has 0 spiro atoms. The zero-order chi connectivity index (χ0) is 15.8. The van der Waals surface area contributed by atoms with E-state index in [2.05, 4.69) is 26.1 Å². The van der Waals surface area contributed by atoms with Gasteiger partial charge in [-0.15, -0.1) is 0 Å². The van der Waals surface area contributed by atoms with Gasteiger partial charge in [0.25, 0.3) is 0 Å². The van der Waals surface area contributed by atoms with Gasteiger partial charge in [-0.1, -0.05) is 20.8 Å². The van der Waals surface area contributed by atoms with E-state index in [-0.39, 0.29) is 5.41 Å². The van der Waals surface area contributed by atoms with Gasteiger partial charge in [0.2, 0.25) is 0 Å². The molecule has 116 valence electrons. The van der Waals surface area contributed by atoms with E-state index in [0.717, 1.165) is 6.42 Å². The topological polar surface area (TPSA) is 75.6 Å². The molecule has 1 rings (SSSR count). The maximum Gasteiger partial charge on any atom is 0.408 e. The fourth-order valence-corrected chi connectivity index (χ4v) is 2.77. The van der Waals surface area contributed by atoms with Crippen molar-refractivity contribution in [3.05, 3.63) is 0 Å². The minimum atomic E-state index is -1.15. The maximum atomic E-state index is 11.8. The van der Waals surface area contributed by atoms with Gasteiger partial charge in [-0.25, -0.2) is 9.59 Å². The molecule has 1 saturated carbocycles. The van der Waals surface area contributed by atoms with Gasteiger partial charge in [-0.2, -0.15) is 0 Å². The lowest BCUT2D eigenvalue weighted by molar-refractivity contribution is -0.152. The lowest BCUT2D eigenvalue weighted by Crippen LogP contribution is -2.63. The zero-order valence-electron chi connectivity index (χ0n) is 13.4. The smallest absolute Gasteiger partial charge is 0.408 e. The molecule has 1 aliphatic rings. The molecular weight excluding hydrogens is 258 g/mol. The van der Waals surface area contributed by atoms with Crippen molar-refractivity contribution >= 4 is 12.1 Å². The summed E-state index contributed by atoms with van der Waals surface area (Å²) in [6.07, 6.45) is 1.24. The Morgan fingerprint density at radius 3 is 2.05 bits per heavy atom. The number of carboxylic acids is 1. The molecule has 0 aromatic heterocycles. The highest BCUT2D eigenvalue weighted by Crippen LogP contribution is 2.44. The highest BCUT2D eigenvalue weighted by atomic mass is 16.6. The van der Waals surface area contributed by atoms with Gasteiger partial charge in [0, 0.05) is 0 Å². The second-order valence-electron chi connectivity index (χ2n) is 8.05. The summed E-state index contributed by atoms with van der Waals surface area (Å²) >= 11 is 0. The average Bonchev–Trinajstić information content (AvgIpc) is 2.07. The molecule has 5 nitrogen and oxygen atoms in total. The molecule has 1 fully saturated rings. The predicted molar refractivity (Wildman–Crippen MR) is 76.5 cm³/mol. The van der Waals surface area contributed by atoms with Crippen LogP contribution in [-0.2, 0) is 9.53 Å². The van der Waals surface area contributed by atoms with Gasteiger partial charge in [-0.05, 0) is 51.4 Å². The van der Waals surface area contributed by atoms with Gasteiger partial charge >= 0.3 is 12.1 Å². The Morgan fingerprint density at radius 1 is 1.20 bits per heavy atom. The summed E-state index contributed by atoms with van der Waals surface area (Å²) in [6.45, 7) is 11.7. The second-order valence-corrected chi connectivity index (χ2v) is 8.05. The Balaban J connectivity index is 2.61. The molecule has 0 bridgehead atoms. The molecular formula is C15H27NO4. The summed E-state index contributed by atoms with van der Waals surface area (Å²) in [5.41, 5.74) is -1.61. The first kappa shape index (κ1) is 16.8. The molecule has 1 aliphatic carbocycles. The standard InChI is InChI=1S/C15H27NO4/c1-13(2,3)7-10-8-15(9-10,11(17)18)16-12(19)20-14(4,5)6/h10H,7-9H2,1-6H3,(H,16,19)(H,17,18). The number of hydrogen-bond donors (Lipinski definition) is 2. The third kappa shape index (κ3) is 4.69. The van der Waals surface area contributed by atoms with Gasteiger partial charge in [0.15, 0.2) is 0 Å². The molecule has 0 heterocycles. The van der Waals surface area contributed by atoms with Crippen LogP contribution in [0.1, 0.15) is 60.8 Å². The van der Waals surface area contributed by atoms with Crippen LogP contribution < -0.4 is 5.32 Å².